The number of aromatic nitrogens is 4. The predicted molar refractivity (Wildman–Crippen MR) is 108 cm³/mol. The van der Waals surface area contributed by atoms with Gasteiger partial charge < -0.3 is 15.1 Å². The van der Waals surface area contributed by atoms with Crippen LogP contribution in [0, 0.1) is 6.92 Å². The molecule has 0 spiro atoms. The van der Waals surface area contributed by atoms with Gasteiger partial charge in [0, 0.05) is 55.3 Å². The van der Waals surface area contributed by atoms with Crippen LogP contribution in [0.15, 0.2) is 49.1 Å². The maximum atomic E-state index is 12.5. The number of amides is 2. The molecule has 4 rings (SSSR count). The molecule has 8 nitrogen and oxygen atoms in total. The van der Waals surface area contributed by atoms with Crippen molar-refractivity contribution in [3.8, 4) is 5.82 Å². The van der Waals surface area contributed by atoms with Gasteiger partial charge in [-0.1, -0.05) is 11.6 Å². The molecule has 1 saturated heterocycles. The molecule has 0 atom stereocenters. The van der Waals surface area contributed by atoms with E-state index in [0.29, 0.717) is 37.0 Å². The first kappa shape index (κ1) is 18.2. The van der Waals surface area contributed by atoms with Gasteiger partial charge in [0.25, 0.3) is 0 Å². The van der Waals surface area contributed by atoms with E-state index in [0.717, 1.165) is 17.3 Å². The first-order chi connectivity index (χ1) is 13.6. The van der Waals surface area contributed by atoms with Crippen LogP contribution in [0.1, 0.15) is 5.82 Å². The molecule has 2 amide bonds. The molecule has 0 radical (unpaired) electrons. The number of carbonyl (C=O) groups is 1. The Kier molecular flexibility index (Phi) is 5.12. The van der Waals surface area contributed by atoms with Crippen LogP contribution in [0.3, 0.4) is 0 Å². The van der Waals surface area contributed by atoms with Crippen LogP contribution in [0.4, 0.5) is 16.3 Å². The van der Waals surface area contributed by atoms with E-state index in [1.807, 2.05) is 23.8 Å². The first-order valence-electron chi connectivity index (χ1n) is 8.99. The molecular formula is C19H20ClN7O. The summed E-state index contributed by atoms with van der Waals surface area (Å²) >= 11 is 5.88. The van der Waals surface area contributed by atoms with Gasteiger partial charge in [-0.05, 0) is 31.2 Å². The van der Waals surface area contributed by atoms with Crippen molar-refractivity contribution in [2.75, 3.05) is 36.4 Å². The van der Waals surface area contributed by atoms with Crippen LogP contribution in [-0.4, -0.2) is 56.6 Å². The second-order valence-electron chi connectivity index (χ2n) is 6.51. The van der Waals surface area contributed by atoms with Crippen molar-refractivity contribution >= 4 is 29.1 Å². The van der Waals surface area contributed by atoms with Gasteiger partial charge in [-0.15, -0.1) is 0 Å². The van der Waals surface area contributed by atoms with E-state index in [2.05, 4.69) is 25.2 Å². The van der Waals surface area contributed by atoms with Crippen LogP contribution in [0.5, 0.6) is 0 Å². The van der Waals surface area contributed by atoms with E-state index in [9.17, 15) is 4.79 Å². The summed E-state index contributed by atoms with van der Waals surface area (Å²) in [5.41, 5.74) is 0.730. The van der Waals surface area contributed by atoms with Crippen molar-refractivity contribution in [3.05, 3.63) is 59.9 Å². The maximum absolute atomic E-state index is 12.5. The molecule has 0 bridgehead atoms. The van der Waals surface area contributed by atoms with Gasteiger partial charge in [0.2, 0.25) is 0 Å². The topological polar surface area (TPSA) is 79.2 Å². The number of anilines is 2. The van der Waals surface area contributed by atoms with Crippen molar-refractivity contribution in [1.82, 2.24) is 24.4 Å². The lowest BCUT2D eigenvalue weighted by Gasteiger charge is -2.35. The molecule has 0 aliphatic carbocycles. The highest BCUT2D eigenvalue weighted by Crippen LogP contribution is 2.18. The van der Waals surface area contributed by atoms with Crippen molar-refractivity contribution < 1.29 is 4.79 Å². The molecule has 2 aromatic heterocycles. The minimum absolute atomic E-state index is 0.111. The normalized spacial score (nSPS) is 14.2. The number of nitrogens with one attached hydrogen (secondary N) is 1. The molecule has 1 aliphatic rings. The van der Waals surface area contributed by atoms with Crippen molar-refractivity contribution in [1.29, 1.82) is 0 Å². The van der Waals surface area contributed by atoms with Crippen LogP contribution in [0.2, 0.25) is 5.02 Å². The maximum Gasteiger partial charge on any atom is 0.321 e. The Labute approximate surface area is 167 Å². The molecule has 144 valence electrons. The number of urea groups is 1. The minimum atomic E-state index is -0.111. The fourth-order valence-corrected chi connectivity index (χ4v) is 3.23. The molecule has 28 heavy (non-hydrogen) atoms. The SMILES string of the molecule is Cc1nc(N2CCN(C(=O)Nc3ccc(Cl)cc3)CC2)cc(-n2ccnc2)n1. The minimum Gasteiger partial charge on any atom is -0.353 e. The molecule has 1 fully saturated rings. The van der Waals surface area contributed by atoms with Crippen molar-refractivity contribution in [3.63, 3.8) is 0 Å². The number of piperazine rings is 1. The van der Waals surface area contributed by atoms with Crippen LogP contribution in [0.25, 0.3) is 5.82 Å². The van der Waals surface area contributed by atoms with Gasteiger partial charge >= 0.3 is 6.03 Å². The zero-order valence-electron chi connectivity index (χ0n) is 15.4. The van der Waals surface area contributed by atoms with Crippen LogP contribution < -0.4 is 10.2 Å². The van der Waals surface area contributed by atoms with E-state index in [4.69, 9.17) is 11.6 Å². The Bertz CT molecular complexity index is 951. The van der Waals surface area contributed by atoms with E-state index >= 15 is 0 Å². The zero-order chi connectivity index (χ0) is 19.5. The standard InChI is InChI=1S/C19H20ClN7O/c1-14-22-17(12-18(23-14)27-7-6-21-13-27)25-8-10-26(11-9-25)19(28)24-16-4-2-15(20)3-5-16/h2-7,12-13H,8-11H2,1H3,(H,24,28). The summed E-state index contributed by atoms with van der Waals surface area (Å²) in [6.07, 6.45) is 5.28. The second kappa shape index (κ2) is 7.85. The highest BCUT2D eigenvalue weighted by atomic mass is 35.5. The molecule has 0 saturated carbocycles. The molecule has 3 heterocycles. The molecule has 1 N–H and O–H groups in total. The number of hydrogen-bond acceptors (Lipinski definition) is 5. The largest absolute Gasteiger partial charge is 0.353 e. The van der Waals surface area contributed by atoms with E-state index in [-0.39, 0.29) is 6.03 Å². The summed E-state index contributed by atoms with van der Waals surface area (Å²) in [4.78, 5) is 29.6. The van der Waals surface area contributed by atoms with E-state index in [1.165, 1.54) is 0 Å². The van der Waals surface area contributed by atoms with Gasteiger partial charge in [-0.25, -0.2) is 19.7 Å². The summed E-state index contributed by atoms with van der Waals surface area (Å²) in [5, 5.41) is 3.54. The third kappa shape index (κ3) is 4.07. The summed E-state index contributed by atoms with van der Waals surface area (Å²) in [6, 6.07) is 8.92. The quantitative estimate of drug-likeness (QED) is 0.735. The number of carbonyl (C=O) groups excluding carboxylic acids is 1. The highest BCUT2D eigenvalue weighted by molar-refractivity contribution is 6.30. The molecule has 3 aromatic rings. The van der Waals surface area contributed by atoms with Crippen molar-refractivity contribution in [2.24, 2.45) is 0 Å². The van der Waals surface area contributed by atoms with E-state index < -0.39 is 0 Å². The van der Waals surface area contributed by atoms with Crippen molar-refractivity contribution in [2.45, 2.75) is 6.92 Å². The average molecular weight is 398 g/mol. The summed E-state index contributed by atoms with van der Waals surface area (Å²) in [5.74, 6) is 2.33. The van der Waals surface area contributed by atoms with Crippen LogP contribution >= 0.6 is 11.6 Å². The number of nitrogens with zero attached hydrogens (tertiary/aromatic N) is 6. The summed E-state index contributed by atoms with van der Waals surface area (Å²) in [7, 11) is 0. The Morgan fingerprint density at radius 3 is 2.46 bits per heavy atom. The van der Waals surface area contributed by atoms with Gasteiger partial charge in [0.15, 0.2) is 0 Å². The third-order valence-corrected chi connectivity index (χ3v) is 4.82. The fraction of sp³-hybridized carbons (Fsp3) is 0.263. The smallest absolute Gasteiger partial charge is 0.321 e. The lowest BCUT2D eigenvalue weighted by atomic mass is 10.3. The van der Waals surface area contributed by atoms with Gasteiger partial charge in [-0.3, -0.25) is 4.57 Å². The summed E-state index contributed by atoms with van der Waals surface area (Å²) in [6.45, 7) is 4.51. The average Bonchev–Trinajstić information content (AvgIpc) is 3.24. The Morgan fingerprint density at radius 1 is 1.07 bits per heavy atom. The Hall–Kier alpha value is -3.13. The molecule has 0 unspecified atom stereocenters. The highest BCUT2D eigenvalue weighted by Gasteiger charge is 2.22. The molecule has 1 aliphatic heterocycles. The van der Waals surface area contributed by atoms with E-state index in [1.54, 1.807) is 41.7 Å². The van der Waals surface area contributed by atoms with Gasteiger partial charge in [0.1, 0.15) is 23.8 Å². The van der Waals surface area contributed by atoms with Gasteiger partial charge in [0.05, 0.1) is 0 Å². The Morgan fingerprint density at radius 2 is 1.79 bits per heavy atom. The number of hydrogen-bond donors (Lipinski definition) is 1. The first-order valence-corrected chi connectivity index (χ1v) is 9.37. The lowest BCUT2D eigenvalue weighted by molar-refractivity contribution is 0.208. The lowest BCUT2D eigenvalue weighted by Crippen LogP contribution is -2.50. The number of benzene rings is 1. The number of imidazole rings is 1. The summed E-state index contributed by atoms with van der Waals surface area (Å²) < 4.78 is 1.86. The number of halogens is 1. The molecular weight excluding hydrogens is 378 g/mol. The number of aryl methyl sites for hydroxylation is 1. The van der Waals surface area contributed by atoms with Gasteiger partial charge in [-0.2, -0.15) is 0 Å². The Balaban J connectivity index is 1.40. The zero-order valence-corrected chi connectivity index (χ0v) is 16.2. The fourth-order valence-electron chi connectivity index (χ4n) is 3.10. The second-order valence-corrected chi connectivity index (χ2v) is 6.95. The predicted octanol–water partition coefficient (Wildman–Crippen LogP) is 2.98. The molecule has 1 aromatic carbocycles. The number of rotatable bonds is 3. The van der Waals surface area contributed by atoms with Crippen LogP contribution in [-0.2, 0) is 0 Å². The third-order valence-electron chi connectivity index (χ3n) is 4.57. The monoisotopic (exact) mass is 397 g/mol. The molecule has 9 heteroatoms.